The van der Waals surface area contributed by atoms with Crippen LogP contribution in [0.2, 0.25) is 0 Å². The molecule has 6 nitrogen and oxygen atoms in total. The van der Waals surface area contributed by atoms with E-state index in [1.165, 1.54) is 6.92 Å². The summed E-state index contributed by atoms with van der Waals surface area (Å²) in [7, 11) is 0. The molecule has 9 heteroatoms. The average molecular weight is 282 g/mol. The van der Waals surface area contributed by atoms with E-state index < -0.39 is 35.2 Å². The standard InChI is InChI=1S/C10H13F3N2O4/c1-4-19-8(17)6(15-14)7(16)5(2)9(3,18)10(11,12)13/h5,18H,4H2,1-3H3. The van der Waals surface area contributed by atoms with Gasteiger partial charge in [-0.3, -0.25) is 4.79 Å². The highest BCUT2D eigenvalue weighted by molar-refractivity contribution is 6.62. The SMILES string of the molecule is CCOC(=O)C(=[N+]=[N-])C(=O)C(C)C(C)(O)C(F)(F)F. The highest BCUT2D eigenvalue weighted by Gasteiger charge is 2.57. The summed E-state index contributed by atoms with van der Waals surface area (Å²) in [5.41, 5.74) is 3.95. The highest BCUT2D eigenvalue weighted by Crippen LogP contribution is 2.36. The molecule has 108 valence electrons. The van der Waals surface area contributed by atoms with Crippen LogP contribution in [0.25, 0.3) is 5.53 Å². The van der Waals surface area contributed by atoms with Gasteiger partial charge in [0.2, 0.25) is 0 Å². The smallest absolute Gasteiger partial charge is 0.441 e. The summed E-state index contributed by atoms with van der Waals surface area (Å²) in [5.74, 6) is -4.87. The molecular formula is C10H13F3N2O4. The Kier molecular flexibility index (Phi) is 5.40. The highest BCUT2D eigenvalue weighted by atomic mass is 19.4. The molecule has 2 atom stereocenters. The van der Waals surface area contributed by atoms with Crippen LogP contribution in [0.15, 0.2) is 0 Å². The van der Waals surface area contributed by atoms with Crippen LogP contribution in [0.3, 0.4) is 0 Å². The van der Waals surface area contributed by atoms with Crippen molar-refractivity contribution in [2.75, 3.05) is 6.61 Å². The fourth-order valence-electron chi connectivity index (χ4n) is 1.10. The molecule has 0 aromatic carbocycles. The van der Waals surface area contributed by atoms with Crippen LogP contribution in [0, 0.1) is 5.92 Å². The third-order valence-corrected chi connectivity index (χ3v) is 2.61. The molecule has 0 aliphatic carbocycles. The molecule has 0 rings (SSSR count). The number of esters is 1. The number of hydrogen-bond donors (Lipinski definition) is 1. The Morgan fingerprint density at radius 1 is 1.42 bits per heavy atom. The van der Waals surface area contributed by atoms with Crippen molar-refractivity contribution >= 4 is 17.5 Å². The van der Waals surface area contributed by atoms with Crippen LogP contribution < -0.4 is 0 Å². The lowest BCUT2D eigenvalue weighted by Crippen LogP contribution is -2.52. The van der Waals surface area contributed by atoms with Gasteiger partial charge in [0.05, 0.1) is 12.5 Å². The monoisotopic (exact) mass is 282 g/mol. The summed E-state index contributed by atoms with van der Waals surface area (Å²) in [6, 6.07) is 0. The number of rotatable bonds is 5. The van der Waals surface area contributed by atoms with E-state index >= 15 is 0 Å². The van der Waals surface area contributed by atoms with E-state index in [9.17, 15) is 27.9 Å². The summed E-state index contributed by atoms with van der Waals surface area (Å²) in [6.07, 6.45) is -5.09. The van der Waals surface area contributed by atoms with Crippen molar-refractivity contribution in [2.24, 2.45) is 5.92 Å². The zero-order chi connectivity index (χ0) is 15.4. The molecule has 0 saturated heterocycles. The van der Waals surface area contributed by atoms with Gasteiger partial charge in [-0.2, -0.15) is 18.0 Å². The molecule has 0 aromatic heterocycles. The minimum absolute atomic E-state index is 0.158. The molecular weight excluding hydrogens is 269 g/mol. The van der Waals surface area contributed by atoms with Crippen LogP contribution >= 0.6 is 0 Å². The first-order valence-electron chi connectivity index (χ1n) is 5.23. The van der Waals surface area contributed by atoms with Gasteiger partial charge in [0.25, 0.3) is 5.78 Å². The van der Waals surface area contributed by atoms with Gasteiger partial charge in [-0.15, -0.1) is 0 Å². The van der Waals surface area contributed by atoms with E-state index in [1.807, 2.05) is 0 Å². The fraction of sp³-hybridized carbons (Fsp3) is 0.700. The Labute approximate surface area is 106 Å². The molecule has 0 heterocycles. The maximum atomic E-state index is 12.5. The van der Waals surface area contributed by atoms with Gasteiger partial charge in [0, 0.05) is 0 Å². The number of hydrogen-bond acceptors (Lipinski definition) is 4. The molecule has 0 fully saturated rings. The van der Waals surface area contributed by atoms with Crippen LogP contribution in [-0.2, 0) is 14.3 Å². The van der Waals surface area contributed by atoms with E-state index in [0.717, 1.165) is 6.92 Å². The number of Topliss-reactive ketones (excluding diaryl/α,β-unsaturated/α-hetero) is 1. The van der Waals surface area contributed by atoms with Gasteiger partial charge in [0.15, 0.2) is 5.60 Å². The molecule has 1 N–H and O–H groups in total. The van der Waals surface area contributed by atoms with Crippen molar-refractivity contribution in [3.8, 4) is 0 Å². The summed E-state index contributed by atoms with van der Waals surface area (Å²) >= 11 is 0. The lowest BCUT2D eigenvalue weighted by atomic mass is 9.85. The third kappa shape index (κ3) is 3.62. The number of aliphatic hydroxyl groups is 1. The maximum Gasteiger partial charge on any atom is 0.441 e. The Morgan fingerprint density at radius 2 is 1.89 bits per heavy atom. The summed E-state index contributed by atoms with van der Waals surface area (Å²) in [6.45, 7) is 2.39. The average Bonchev–Trinajstić information content (AvgIpc) is 2.27. The molecule has 2 unspecified atom stereocenters. The third-order valence-electron chi connectivity index (χ3n) is 2.61. The summed E-state index contributed by atoms with van der Waals surface area (Å²) in [5, 5.41) is 9.31. The van der Waals surface area contributed by atoms with Crippen molar-refractivity contribution in [3.63, 3.8) is 0 Å². The first-order chi connectivity index (χ1) is 8.50. The van der Waals surface area contributed by atoms with Gasteiger partial charge in [-0.1, -0.05) is 6.92 Å². The quantitative estimate of drug-likeness (QED) is 0.264. The predicted molar refractivity (Wildman–Crippen MR) is 56.1 cm³/mol. The van der Waals surface area contributed by atoms with E-state index in [0.29, 0.717) is 6.92 Å². The van der Waals surface area contributed by atoms with Crippen molar-refractivity contribution in [1.82, 2.24) is 0 Å². The molecule has 0 aliphatic rings. The van der Waals surface area contributed by atoms with Gasteiger partial charge >= 0.3 is 17.9 Å². The number of alkyl halides is 3. The number of ketones is 1. The Hall–Kier alpha value is -1.73. The molecule has 0 amide bonds. The Bertz CT molecular complexity index is 425. The lowest BCUT2D eigenvalue weighted by molar-refractivity contribution is -0.266. The molecule has 0 aliphatic heterocycles. The van der Waals surface area contributed by atoms with Crippen molar-refractivity contribution in [3.05, 3.63) is 5.53 Å². The zero-order valence-electron chi connectivity index (χ0n) is 10.5. The number of ether oxygens (including phenoxy) is 1. The maximum absolute atomic E-state index is 12.5. The number of halogens is 3. The van der Waals surface area contributed by atoms with Crippen LogP contribution in [0.5, 0.6) is 0 Å². The van der Waals surface area contributed by atoms with E-state index in [2.05, 4.69) is 9.53 Å². The van der Waals surface area contributed by atoms with Gasteiger partial charge in [0.1, 0.15) is 0 Å². The van der Waals surface area contributed by atoms with Gasteiger partial charge in [-0.05, 0) is 13.8 Å². The normalized spacial score (nSPS) is 15.9. The van der Waals surface area contributed by atoms with Gasteiger partial charge in [-0.25, -0.2) is 4.79 Å². The van der Waals surface area contributed by atoms with Crippen LogP contribution in [0.1, 0.15) is 20.8 Å². The first kappa shape index (κ1) is 17.3. The number of nitrogens with zero attached hydrogens (tertiary/aromatic N) is 2. The predicted octanol–water partition coefficient (Wildman–Crippen LogP) is 0.739. The zero-order valence-corrected chi connectivity index (χ0v) is 10.5. The summed E-state index contributed by atoms with van der Waals surface area (Å²) in [4.78, 5) is 25.2. The van der Waals surface area contributed by atoms with E-state index in [1.54, 1.807) is 0 Å². The van der Waals surface area contributed by atoms with Crippen LogP contribution in [0.4, 0.5) is 13.2 Å². The largest absolute Gasteiger partial charge is 0.457 e. The second-order valence-electron chi connectivity index (χ2n) is 3.90. The van der Waals surface area contributed by atoms with Crippen LogP contribution in [-0.4, -0.2) is 45.7 Å². The van der Waals surface area contributed by atoms with Crippen molar-refractivity contribution in [2.45, 2.75) is 32.5 Å². The van der Waals surface area contributed by atoms with Gasteiger partial charge < -0.3 is 15.4 Å². The van der Waals surface area contributed by atoms with E-state index in [-0.39, 0.29) is 6.61 Å². The lowest BCUT2D eigenvalue weighted by Gasteiger charge is -2.30. The Balaban J connectivity index is 5.32. The second-order valence-corrected chi connectivity index (χ2v) is 3.90. The molecule has 19 heavy (non-hydrogen) atoms. The molecule has 0 bridgehead atoms. The molecule has 0 aromatic rings. The first-order valence-corrected chi connectivity index (χ1v) is 5.23. The van der Waals surface area contributed by atoms with Crippen molar-refractivity contribution < 1.29 is 37.4 Å². The van der Waals surface area contributed by atoms with E-state index in [4.69, 9.17) is 5.53 Å². The minimum atomic E-state index is -5.09. The molecule has 0 spiro atoms. The number of carbonyl (C=O) groups excluding carboxylic acids is 2. The minimum Gasteiger partial charge on any atom is -0.457 e. The molecule has 0 radical (unpaired) electrons. The Morgan fingerprint density at radius 3 is 2.21 bits per heavy atom. The van der Waals surface area contributed by atoms with Crippen molar-refractivity contribution in [1.29, 1.82) is 0 Å². The topological polar surface area (TPSA) is 100 Å². The second kappa shape index (κ2) is 5.94. The summed E-state index contributed by atoms with van der Waals surface area (Å²) < 4.78 is 42.0. The molecule has 0 saturated carbocycles. The number of carbonyl (C=O) groups is 2. The fourth-order valence-corrected chi connectivity index (χ4v) is 1.10.